The Morgan fingerprint density at radius 3 is 2.79 bits per heavy atom. The number of carbonyl (C=O) groups is 1. The molecule has 0 aliphatic carbocycles. The van der Waals surface area contributed by atoms with Gasteiger partial charge >= 0.3 is 0 Å². The van der Waals surface area contributed by atoms with Crippen LogP contribution in [0.25, 0.3) is 0 Å². The zero-order valence-corrected chi connectivity index (χ0v) is 12.2. The SMILES string of the molecule is CCCC(O)CNC(=O)COc1ccc(Cl)c(Cl)c1. The van der Waals surface area contributed by atoms with Gasteiger partial charge in [0.1, 0.15) is 5.75 Å². The van der Waals surface area contributed by atoms with Crippen molar-refractivity contribution in [1.29, 1.82) is 0 Å². The zero-order chi connectivity index (χ0) is 14.3. The van der Waals surface area contributed by atoms with E-state index >= 15 is 0 Å². The third kappa shape index (κ3) is 6.14. The average Bonchev–Trinajstić information content (AvgIpc) is 2.38. The van der Waals surface area contributed by atoms with E-state index in [1.165, 1.54) is 0 Å². The molecule has 0 saturated heterocycles. The van der Waals surface area contributed by atoms with E-state index < -0.39 is 6.10 Å². The summed E-state index contributed by atoms with van der Waals surface area (Å²) < 4.78 is 5.26. The summed E-state index contributed by atoms with van der Waals surface area (Å²) in [5.41, 5.74) is 0. The molecule has 19 heavy (non-hydrogen) atoms. The Morgan fingerprint density at radius 2 is 2.16 bits per heavy atom. The fourth-order valence-electron chi connectivity index (χ4n) is 1.43. The first-order valence-electron chi connectivity index (χ1n) is 6.05. The molecular formula is C13H17Cl2NO3. The van der Waals surface area contributed by atoms with Gasteiger partial charge in [-0.15, -0.1) is 0 Å². The Bertz CT molecular complexity index is 426. The van der Waals surface area contributed by atoms with Crippen LogP contribution in [0, 0.1) is 0 Å². The van der Waals surface area contributed by atoms with Gasteiger partial charge in [0.15, 0.2) is 6.61 Å². The van der Waals surface area contributed by atoms with Gasteiger partial charge in [0, 0.05) is 12.6 Å². The summed E-state index contributed by atoms with van der Waals surface area (Å²) in [4.78, 5) is 11.5. The number of rotatable bonds is 7. The lowest BCUT2D eigenvalue weighted by atomic mass is 10.2. The van der Waals surface area contributed by atoms with Crippen molar-refractivity contribution in [1.82, 2.24) is 5.32 Å². The molecule has 1 amide bonds. The van der Waals surface area contributed by atoms with E-state index in [4.69, 9.17) is 27.9 Å². The number of halogens is 2. The quantitative estimate of drug-likeness (QED) is 0.814. The molecular weight excluding hydrogens is 289 g/mol. The van der Waals surface area contributed by atoms with Gasteiger partial charge in [-0.3, -0.25) is 4.79 Å². The Hall–Kier alpha value is -0.970. The number of amides is 1. The molecule has 1 atom stereocenters. The first-order chi connectivity index (χ1) is 9.02. The molecule has 0 aliphatic rings. The van der Waals surface area contributed by atoms with E-state index in [9.17, 15) is 9.90 Å². The zero-order valence-electron chi connectivity index (χ0n) is 10.7. The summed E-state index contributed by atoms with van der Waals surface area (Å²) >= 11 is 11.6. The maximum atomic E-state index is 11.5. The number of nitrogens with one attached hydrogen (secondary N) is 1. The highest BCUT2D eigenvalue weighted by Gasteiger charge is 2.07. The Labute approximate surface area is 122 Å². The predicted molar refractivity (Wildman–Crippen MR) is 75.9 cm³/mol. The van der Waals surface area contributed by atoms with Gasteiger partial charge in [-0.1, -0.05) is 36.5 Å². The van der Waals surface area contributed by atoms with E-state index in [1.807, 2.05) is 6.92 Å². The molecule has 2 N–H and O–H groups in total. The second-order valence-electron chi connectivity index (χ2n) is 4.11. The molecule has 0 heterocycles. The fraction of sp³-hybridized carbons (Fsp3) is 0.462. The molecule has 106 valence electrons. The number of benzene rings is 1. The summed E-state index contributed by atoms with van der Waals surface area (Å²) in [6.45, 7) is 2.08. The van der Waals surface area contributed by atoms with Crippen molar-refractivity contribution in [3.05, 3.63) is 28.2 Å². The molecule has 1 rings (SSSR count). The highest BCUT2D eigenvalue weighted by atomic mass is 35.5. The molecule has 1 aromatic rings. The van der Waals surface area contributed by atoms with Gasteiger partial charge in [0.2, 0.25) is 0 Å². The second-order valence-corrected chi connectivity index (χ2v) is 4.93. The van der Waals surface area contributed by atoms with Crippen LogP contribution < -0.4 is 10.1 Å². The van der Waals surface area contributed by atoms with Gasteiger partial charge < -0.3 is 15.2 Å². The summed E-state index contributed by atoms with van der Waals surface area (Å²) in [5.74, 6) is 0.180. The largest absolute Gasteiger partial charge is 0.484 e. The lowest BCUT2D eigenvalue weighted by Gasteiger charge is -2.11. The highest BCUT2D eigenvalue weighted by Crippen LogP contribution is 2.26. The third-order valence-electron chi connectivity index (χ3n) is 2.42. The van der Waals surface area contributed by atoms with Crippen LogP contribution in [0.2, 0.25) is 10.0 Å². The van der Waals surface area contributed by atoms with E-state index in [2.05, 4.69) is 5.32 Å². The molecule has 4 nitrogen and oxygen atoms in total. The Balaban J connectivity index is 2.31. The molecule has 0 aromatic heterocycles. The van der Waals surface area contributed by atoms with E-state index in [1.54, 1.807) is 18.2 Å². The number of hydrogen-bond donors (Lipinski definition) is 2. The standard InChI is InChI=1S/C13H17Cl2NO3/c1-2-3-9(17)7-16-13(18)8-19-10-4-5-11(14)12(15)6-10/h4-6,9,17H,2-3,7-8H2,1H3,(H,16,18). The van der Waals surface area contributed by atoms with Crippen LogP contribution in [0.3, 0.4) is 0 Å². The predicted octanol–water partition coefficient (Wildman–Crippen LogP) is 2.65. The van der Waals surface area contributed by atoms with Gasteiger partial charge in [-0.05, 0) is 18.6 Å². The summed E-state index contributed by atoms with van der Waals surface area (Å²) in [6.07, 6.45) is 1.02. The highest BCUT2D eigenvalue weighted by molar-refractivity contribution is 6.42. The van der Waals surface area contributed by atoms with Crippen molar-refractivity contribution in [3.8, 4) is 5.75 Å². The van der Waals surface area contributed by atoms with E-state index in [0.717, 1.165) is 6.42 Å². The molecule has 0 spiro atoms. The van der Waals surface area contributed by atoms with Crippen LogP contribution in [0.15, 0.2) is 18.2 Å². The smallest absolute Gasteiger partial charge is 0.258 e. The Morgan fingerprint density at radius 1 is 1.42 bits per heavy atom. The van der Waals surface area contributed by atoms with Crippen molar-refractivity contribution in [2.24, 2.45) is 0 Å². The van der Waals surface area contributed by atoms with Gasteiger partial charge in [-0.25, -0.2) is 0 Å². The normalized spacial score (nSPS) is 12.0. The summed E-state index contributed by atoms with van der Waals surface area (Å²) in [5, 5.41) is 12.9. The minimum atomic E-state index is -0.515. The van der Waals surface area contributed by atoms with Crippen molar-refractivity contribution in [2.75, 3.05) is 13.2 Å². The monoisotopic (exact) mass is 305 g/mol. The van der Waals surface area contributed by atoms with Gasteiger partial charge in [0.05, 0.1) is 16.1 Å². The topological polar surface area (TPSA) is 58.6 Å². The maximum Gasteiger partial charge on any atom is 0.258 e. The van der Waals surface area contributed by atoms with Crippen molar-refractivity contribution in [2.45, 2.75) is 25.9 Å². The molecule has 0 aliphatic heterocycles. The molecule has 0 fully saturated rings. The van der Waals surface area contributed by atoms with E-state index in [-0.39, 0.29) is 19.1 Å². The number of aliphatic hydroxyl groups is 1. The molecule has 0 bridgehead atoms. The molecule has 0 radical (unpaired) electrons. The lowest BCUT2D eigenvalue weighted by molar-refractivity contribution is -0.123. The second kappa shape index (κ2) is 8.25. The number of carbonyl (C=O) groups excluding carboxylic acids is 1. The van der Waals surface area contributed by atoms with Crippen LogP contribution in [-0.4, -0.2) is 30.3 Å². The minimum Gasteiger partial charge on any atom is -0.484 e. The van der Waals surface area contributed by atoms with Crippen LogP contribution in [0.5, 0.6) is 5.75 Å². The molecule has 6 heteroatoms. The molecule has 1 aromatic carbocycles. The minimum absolute atomic E-state index is 0.128. The lowest BCUT2D eigenvalue weighted by Crippen LogP contribution is -2.35. The van der Waals surface area contributed by atoms with E-state index in [0.29, 0.717) is 22.2 Å². The first kappa shape index (κ1) is 16.1. The van der Waals surface area contributed by atoms with Gasteiger partial charge in [0.25, 0.3) is 5.91 Å². The number of ether oxygens (including phenoxy) is 1. The number of aliphatic hydroxyl groups excluding tert-OH is 1. The summed E-state index contributed by atoms with van der Waals surface area (Å²) in [6, 6.07) is 4.78. The first-order valence-corrected chi connectivity index (χ1v) is 6.81. The molecule has 0 saturated carbocycles. The fourth-order valence-corrected chi connectivity index (χ4v) is 1.72. The van der Waals surface area contributed by atoms with Gasteiger partial charge in [-0.2, -0.15) is 0 Å². The van der Waals surface area contributed by atoms with Crippen LogP contribution in [0.4, 0.5) is 0 Å². The summed E-state index contributed by atoms with van der Waals surface area (Å²) in [7, 11) is 0. The van der Waals surface area contributed by atoms with Crippen LogP contribution in [0.1, 0.15) is 19.8 Å². The third-order valence-corrected chi connectivity index (χ3v) is 3.16. The van der Waals surface area contributed by atoms with Crippen LogP contribution in [-0.2, 0) is 4.79 Å². The average molecular weight is 306 g/mol. The maximum absolute atomic E-state index is 11.5. The van der Waals surface area contributed by atoms with Crippen LogP contribution >= 0.6 is 23.2 Å². The number of hydrogen-bond acceptors (Lipinski definition) is 3. The van der Waals surface area contributed by atoms with Crippen molar-refractivity contribution in [3.63, 3.8) is 0 Å². The van der Waals surface area contributed by atoms with Crippen molar-refractivity contribution < 1.29 is 14.6 Å². The van der Waals surface area contributed by atoms with Crippen molar-refractivity contribution >= 4 is 29.1 Å². The molecule has 1 unspecified atom stereocenters. The Kier molecular flexibility index (Phi) is 6.99.